The lowest BCUT2D eigenvalue weighted by Gasteiger charge is -2.18. The van der Waals surface area contributed by atoms with Gasteiger partial charge in [0.05, 0.1) is 5.69 Å². The third-order valence-electron chi connectivity index (χ3n) is 5.09. The molecular weight excluding hydrogens is 476 g/mol. The molecule has 2 heterocycles. The second-order valence-corrected chi connectivity index (χ2v) is 7.68. The van der Waals surface area contributed by atoms with Gasteiger partial charge in [-0.15, -0.1) is 0 Å². The summed E-state index contributed by atoms with van der Waals surface area (Å²) >= 11 is 0. The molecule has 1 aliphatic heterocycles. The van der Waals surface area contributed by atoms with Crippen LogP contribution in [0.3, 0.4) is 0 Å². The number of anilines is 2. The number of nitrogens with one attached hydrogen (secondary N) is 4. The SMILES string of the molecule is CN/N=C(\N)c1ccc(CC=O)cc1.CNc1cc(C(=O)NCc2ccc3c(c2)NC(=O)CO3)ncn1. The molecule has 3 aromatic rings. The molecule has 4 rings (SSSR count). The van der Waals surface area contributed by atoms with Gasteiger partial charge in [0.1, 0.15) is 29.9 Å². The van der Waals surface area contributed by atoms with Gasteiger partial charge in [0.2, 0.25) is 0 Å². The number of carbonyl (C=O) groups excluding carboxylic acids is 3. The van der Waals surface area contributed by atoms with E-state index < -0.39 is 0 Å². The van der Waals surface area contributed by atoms with E-state index in [1.807, 2.05) is 30.3 Å². The molecule has 0 saturated carbocycles. The summed E-state index contributed by atoms with van der Waals surface area (Å²) in [6.45, 7) is 0.325. The summed E-state index contributed by atoms with van der Waals surface area (Å²) in [5.41, 5.74) is 11.8. The summed E-state index contributed by atoms with van der Waals surface area (Å²) in [4.78, 5) is 41.6. The van der Waals surface area contributed by atoms with E-state index in [1.165, 1.54) is 6.33 Å². The molecule has 0 atom stereocenters. The highest BCUT2D eigenvalue weighted by Gasteiger charge is 2.16. The fourth-order valence-corrected chi connectivity index (χ4v) is 3.22. The molecule has 0 radical (unpaired) electrons. The first-order valence-corrected chi connectivity index (χ1v) is 11.3. The van der Waals surface area contributed by atoms with E-state index >= 15 is 0 Å². The first-order valence-electron chi connectivity index (χ1n) is 11.3. The van der Waals surface area contributed by atoms with Crippen LogP contribution in [-0.2, 0) is 22.6 Å². The van der Waals surface area contributed by atoms with E-state index in [4.69, 9.17) is 10.5 Å². The van der Waals surface area contributed by atoms with Crippen LogP contribution in [0.15, 0.2) is 60.0 Å². The van der Waals surface area contributed by atoms with Crippen LogP contribution in [0, 0.1) is 0 Å². The first-order chi connectivity index (χ1) is 17.9. The summed E-state index contributed by atoms with van der Waals surface area (Å²) in [5, 5.41) is 12.2. The number of hydrogen-bond acceptors (Lipinski definition) is 9. The van der Waals surface area contributed by atoms with Crippen molar-refractivity contribution in [2.75, 3.05) is 31.3 Å². The Morgan fingerprint density at radius 1 is 1.14 bits per heavy atom. The van der Waals surface area contributed by atoms with Crippen molar-refractivity contribution < 1.29 is 19.1 Å². The number of hydrogen-bond donors (Lipinski definition) is 5. The summed E-state index contributed by atoms with van der Waals surface area (Å²) in [7, 11) is 3.40. The predicted molar refractivity (Wildman–Crippen MR) is 139 cm³/mol. The lowest BCUT2D eigenvalue weighted by atomic mass is 10.1. The third-order valence-corrected chi connectivity index (χ3v) is 5.09. The van der Waals surface area contributed by atoms with E-state index in [-0.39, 0.29) is 24.1 Å². The molecule has 6 N–H and O–H groups in total. The molecule has 37 heavy (non-hydrogen) atoms. The van der Waals surface area contributed by atoms with Crippen molar-refractivity contribution in [3.63, 3.8) is 0 Å². The van der Waals surface area contributed by atoms with Crippen molar-refractivity contribution in [3.8, 4) is 5.75 Å². The molecule has 0 aliphatic carbocycles. The van der Waals surface area contributed by atoms with Gasteiger partial charge in [-0.05, 0) is 23.3 Å². The lowest BCUT2D eigenvalue weighted by molar-refractivity contribution is -0.118. The summed E-state index contributed by atoms with van der Waals surface area (Å²) in [6.07, 6.45) is 2.63. The van der Waals surface area contributed by atoms with Gasteiger partial charge >= 0.3 is 0 Å². The average Bonchev–Trinajstić information content (AvgIpc) is 2.92. The average molecular weight is 505 g/mol. The lowest BCUT2D eigenvalue weighted by Crippen LogP contribution is -2.26. The number of carbonyl (C=O) groups is 3. The van der Waals surface area contributed by atoms with E-state index in [1.54, 1.807) is 32.3 Å². The molecule has 2 amide bonds. The standard InChI is InChI=1S/C15H15N5O3.C10H13N3O/c1-16-13-5-11(18-8-19-13)15(22)17-6-9-2-3-12-10(4-9)20-14(21)7-23-12;1-12-13-10(11)9-4-2-8(3-5-9)6-7-14/h2-5,8H,6-7H2,1H3,(H,17,22)(H,20,21)(H,16,18,19);2-5,7,12H,6H2,1H3,(H2,11,13). The van der Waals surface area contributed by atoms with Crippen LogP contribution in [0.2, 0.25) is 0 Å². The molecule has 0 fully saturated rings. The maximum atomic E-state index is 12.1. The molecule has 1 aliphatic rings. The number of nitrogens with two attached hydrogens (primary N) is 1. The number of amidine groups is 1. The summed E-state index contributed by atoms with van der Waals surface area (Å²) in [5.74, 6) is 1.12. The number of aldehydes is 1. The highest BCUT2D eigenvalue weighted by molar-refractivity contribution is 5.97. The van der Waals surface area contributed by atoms with E-state index in [0.717, 1.165) is 23.0 Å². The number of fused-ring (bicyclic) bond motifs is 1. The molecular formula is C25H28N8O4. The number of hydrazone groups is 1. The van der Waals surface area contributed by atoms with Crippen LogP contribution in [0.5, 0.6) is 5.75 Å². The van der Waals surface area contributed by atoms with Crippen molar-refractivity contribution in [1.29, 1.82) is 0 Å². The van der Waals surface area contributed by atoms with Crippen molar-refractivity contribution in [3.05, 3.63) is 77.2 Å². The molecule has 12 nitrogen and oxygen atoms in total. The highest BCUT2D eigenvalue weighted by Crippen LogP contribution is 2.28. The zero-order valence-corrected chi connectivity index (χ0v) is 20.4. The summed E-state index contributed by atoms with van der Waals surface area (Å²) < 4.78 is 5.29. The number of amides is 2. The van der Waals surface area contributed by atoms with Gasteiger partial charge in [0.25, 0.3) is 11.8 Å². The Kier molecular flexibility index (Phi) is 9.48. The van der Waals surface area contributed by atoms with Gasteiger partial charge in [-0.25, -0.2) is 9.97 Å². The fraction of sp³-hybridized carbons (Fsp3) is 0.200. The second-order valence-electron chi connectivity index (χ2n) is 7.68. The van der Waals surface area contributed by atoms with Crippen LogP contribution in [0.4, 0.5) is 11.5 Å². The van der Waals surface area contributed by atoms with Crippen LogP contribution < -0.4 is 31.8 Å². The third kappa shape index (κ3) is 7.75. The summed E-state index contributed by atoms with van der Waals surface area (Å²) in [6, 6.07) is 14.3. The van der Waals surface area contributed by atoms with Gasteiger partial charge in [-0.3, -0.25) is 9.59 Å². The van der Waals surface area contributed by atoms with Crippen molar-refractivity contribution in [2.45, 2.75) is 13.0 Å². The largest absolute Gasteiger partial charge is 0.482 e. The second kappa shape index (κ2) is 13.2. The quantitative estimate of drug-likeness (QED) is 0.130. The molecule has 0 bridgehead atoms. The number of aromatic nitrogens is 2. The van der Waals surface area contributed by atoms with Gasteiger partial charge in [-0.2, -0.15) is 5.10 Å². The minimum Gasteiger partial charge on any atom is -0.482 e. The number of rotatable bonds is 8. The zero-order chi connectivity index (χ0) is 26.6. The zero-order valence-electron chi connectivity index (χ0n) is 20.4. The highest BCUT2D eigenvalue weighted by atomic mass is 16.5. The van der Waals surface area contributed by atoms with Gasteiger partial charge in [0, 0.05) is 38.7 Å². The molecule has 1 aromatic heterocycles. The van der Waals surface area contributed by atoms with Gasteiger partial charge in [-0.1, -0.05) is 30.3 Å². The van der Waals surface area contributed by atoms with Gasteiger partial charge in [0.15, 0.2) is 12.4 Å². The molecule has 2 aromatic carbocycles. The topological polar surface area (TPSA) is 173 Å². The molecule has 0 unspecified atom stereocenters. The smallest absolute Gasteiger partial charge is 0.270 e. The normalized spacial score (nSPS) is 12.1. The van der Waals surface area contributed by atoms with Crippen LogP contribution in [0.25, 0.3) is 0 Å². The van der Waals surface area contributed by atoms with E-state index in [0.29, 0.717) is 36.1 Å². The van der Waals surface area contributed by atoms with Gasteiger partial charge < -0.3 is 36.6 Å². The maximum absolute atomic E-state index is 12.1. The monoisotopic (exact) mass is 504 g/mol. The minimum atomic E-state index is -0.304. The Morgan fingerprint density at radius 2 is 1.89 bits per heavy atom. The van der Waals surface area contributed by atoms with Crippen molar-refractivity contribution in [1.82, 2.24) is 20.7 Å². The Bertz CT molecular complexity index is 1280. The first kappa shape index (κ1) is 26.6. The van der Waals surface area contributed by atoms with Crippen molar-refractivity contribution in [2.24, 2.45) is 10.8 Å². The maximum Gasteiger partial charge on any atom is 0.270 e. The molecule has 0 spiro atoms. The van der Waals surface area contributed by atoms with E-state index in [2.05, 4.69) is 36.4 Å². The molecule has 12 heteroatoms. The fourth-order valence-electron chi connectivity index (χ4n) is 3.22. The minimum absolute atomic E-state index is 0.0184. The Labute approximate surface area is 213 Å². The van der Waals surface area contributed by atoms with Crippen molar-refractivity contribution >= 4 is 35.4 Å². The Morgan fingerprint density at radius 3 is 2.59 bits per heavy atom. The van der Waals surface area contributed by atoms with Crippen LogP contribution >= 0.6 is 0 Å². The molecule has 192 valence electrons. The number of ether oxygens (including phenoxy) is 1. The van der Waals surface area contributed by atoms with E-state index in [9.17, 15) is 14.4 Å². The Balaban J connectivity index is 0.000000233. The van der Waals surface area contributed by atoms with Crippen LogP contribution in [0.1, 0.15) is 27.2 Å². The van der Waals surface area contributed by atoms with Crippen LogP contribution in [-0.4, -0.2) is 54.6 Å². The number of nitrogens with zero attached hydrogens (tertiary/aromatic N) is 3. The Hall–Kier alpha value is -5.00. The number of benzene rings is 2. The molecule has 0 saturated heterocycles. The predicted octanol–water partition coefficient (Wildman–Crippen LogP) is 1.05.